The Morgan fingerprint density at radius 2 is 1.96 bits per heavy atom. The molecule has 2 aromatic rings. The zero-order chi connectivity index (χ0) is 16.9. The van der Waals surface area contributed by atoms with E-state index in [1.165, 1.54) is 6.92 Å². The van der Waals surface area contributed by atoms with Crippen molar-refractivity contribution in [2.24, 2.45) is 0 Å². The van der Waals surface area contributed by atoms with Gasteiger partial charge < -0.3 is 14.4 Å². The van der Waals surface area contributed by atoms with Gasteiger partial charge in [0.15, 0.2) is 0 Å². The van der Waals surface area contributed by atoms with Crippen molar-refractivity contribution in [3.63, 3.8) is 0 Å². The van der Waals surface area contributed by atoms with Gasteiger partial charge in [-0.05, 0) is 30.3 Å². The van der Waals surface area contributed by atoms with E-state index in [2.05, 4.69) is 4.98 Å². The Morgan fingerprint density at radius 3 is 2.62 bits per heavy atom. The number of nitrogens with zero attached hydrogens (tertiary/aromatic N) is 2. The third-order valence-electron chi connectivity index (χ3n) is 3.72. The molecule has 0 radical (unpaired) electrons. The van der Waals surface area contributed by atoms with Gasteiger partial charge in [-0.1, -0.05) is 6.07 Å². The van der Waals surface area contributed by atoms with E-state index in [9.17, 15) is 9.59 Å². The molecular formula is C18H18N2O4. The summed E-state index contributed by atoms with van der Waals surface area (Å²) in [5.74, 6) is 0.555. The standard InChI is InChI=1S/C18H18N2O4/c1-13(21)23-15-7-5-14(6-8-15)18(22)20-11-9-16(12-20)24-17-4-2-3-10-19-17/h2-8,10,16H,9,11-12H2,1H3. The minimum atomic E-state index is -0.386. The van der Waals surface area contributed by atoms with E-state index >= 15 is 0 Å². The van der Waals surface area contributed by atoms with Gasteiger partial charge in [0.2, 0.25) is 5.88 Å². The molecule has 1 fully saturated rings. The summed E-state index contributed by atoms with van der Waals surface area (Å²) in [6.07, 6.45) is 2.40. The summed E-state index contributed by atoms with van der Waals surface area (Å²) >= 11 is 0. The van der Waals surface area contributed by atoms with Gasteiger partial charge in [-0.25, -0.2) is 4.98 Å². The highest BCUT2D eigenvalue weighted by Gasteiger charge is 2.28. The Kier molecular flexibility index (Phi) is 4.74. The predicted molar refractivity (Wildman–Crippen MR) is 86.9 cm³/mol. The van der Waals surface area contributed by atoms with Crippen LogP contribution in [0.1, 0.15) is 23.7 Å². The first kappa shape index (κ1) is 16.0. The van der Waals surface area contributed by atoms with Crippen molar-refractivity contribution in [1.29, 1.82) is 0 Å². The van der Waals surface area contributed by atoms with Crippen LogP contribution in [0.2, 0.25) is 0 Å². The highest BCUT2D eigenvalue weighted by Crippen LogP contribution is 2.19. The fourth-order valence-corrected chi connectivity index (χ4v) is 2.61. The molecule has 0 spiro atoms. The van der Waals surface area contributed by atoms with Gasteiger partial charge in [0, 0.05) is 37.7 Å². The molecule has 1 saturated heterocycles. The number of rotatable bonds is 4. The molecule has 1 atom stereocenters. The van der Waals surface area contributed by atoms with Crippen LogP contribution < -0.4 is 9.47 Å². The number of benzene rings is 1. The summed E-state index contributed by atoms with van der Waals surface area (Å²) in [5.41, 5.74) is 0.560. The number of hydrogen-bond acceptors (Lipinski definition) is 5. The summed E-state index contributed by atoms with van der Waals surface area (Å²) in [4.78, 5) is 29.3. The summed E-state index contributed by atoms with van der Waals surface area (Å²) in [7, 11) is 0. The van der Waals surface area contributed by atoms with Crippen molar-refractivity contribution in [1.82, 2.24) is 9.88 Å². The fraction of sp³-hybridized carbons (Fsp3) is 0.278. The van der Waals surface area contributed by atoms with Crippen molar-refractivity contribution < 1.29 is 19.1 Å². The third kappa shape index (κ3) is 3.90. The molecule has 3 rings (SSSR count). The van der Waals surface area contributed by atoms with Crippen LogP contribution in [-0.2, 0) is 4.79 Å². The molecule has 24 heavy (non-hydrogen) atoms. The van der Waals surface area contributed by atoms with Crippen LogP contribution in [0.15, 0.2) is 48.7 Å². The summed E-state index contributed by atoms with van der Waals surface area (Å²) in [6.45, 7) is 2.51. The number of hydrogen-bond donors (Lipinski definition) is 0. The SMILES string of the molecule is CC(=O)Oc1ccc(C(=O)N2CCC(Oc3ccccn3)C2)cc1. The molecule has 1 aromatic heterocycles. The molecule has 0 aliphatic carbocycles. The van der Waals surface area contributed by atoms with Gasteiger partial charge >= 0.3 is 5.97 Å². The maximum absolute atomic E-state index is 12.5. The number of ether oxygens (including phenoxy) is 2. The maximum atomic E-state index is 12.5. The number of pyridine rings is 1. The van der Waals surface area contributed by atoms with Gasteiger partial charge in [-0.15, -0.1) is 0 Å². The molecule has 1 aliphatic rings. The number of amides is 1. The number of aromatic nitrogens is 1. The lowest BCUT2D eigenvalue weighted by atomic mass is 10.2. The highest BCUT2D eigenvalue weighted by atomic mass is 16.5. The van der Waals surface area contributed by atoms with Crippen LogP contribution in [0.5, 0.6) is 11.6 Å². The predicted octanol–water partition coefficient (Wildman–Crippen LogP) is 2.30. The Morgan fingerprint density at radius 1 is 1.17 bits per heavy atom. The normalized spacial score (nSPS) is 16.7. The second kappa shape index (κ2) is 7.12. The van der Waals surface area contributed by atoms with Crippen LogP contribution in [0.3, 0.4) is 0 Å². The van der Waals surface area contributed by atoms with Crippen molar-refractivity contribution in [3.05, 3.63) is 54.2 Å². The second-order valence-corrected chi connectivity index (χ2v) is 5.57. The van der Waals surface area contributed by atoms with Gasteiger partial charge in [-0.2, -0.15) is 0 Å². The summed E-state index contributed by atoms with van der Waals surface area (Å²) < 4.78 is 10.8. The number of esters is 1. The van der Waals surface area contributed by atoms with Crippen molar-refractivity contribution in [2.45, 2.75) is 19.4 Å². The Labute approximate surface area is 140 Å². The Balaban J connectivity index is 1.59. The van der Waals surface area contributed by atoms with E-state index in [-0.39, 0.29) is 18.0 Å². The van der Waals surface area contributed by atoms with Gasteiger partial charge in [-0.3, -0.25) is 9.59 Å². The Bertz CT molecular complexity index is 716. The van der Waals surface area contributed by atoms with Crippen molar-refractivity contribution in [3.8, 4) is 11.6 Å². The van der Waals surface area contributed by atoms with E-state index in [1.807, 2.05) is 12.1 Å². The molecule has 124 valence electrons. The minimum absolute atomic E-state index is 0.0517. The van der Waals surface area contributed by atoms with Crippen LogP contribution in [0, 0.1) is 0 Å². The third-order valence-corrected chi connectivity index (χ3v) is 3.72. The second-order valence-electron chi connectivity index (χ2n) is 5.57. The average Bonchev–Trinajstić information content (AvgIpc) is 3.04. The first-order valence-electron chi connectivity index (χ1n) is 7.77. The molecule has 1 aromatic carbocycles. The van der Waals surface area contributed by atoms with Gasteiger partial charge in [0.1, 0.15) is 11.9 Å². The molecule has 2 heterocycles. The zero-order valence-electron chi connectivity index (χ0n) is 13.3. The van der Waals surface area contributed by atoms with Crippen molar-refractivity contribution >= 4 is 11.9 Å². The topological polar surface area (TPSA) is 68.7 Å². The lowest BCUT2D eigenvalue weighted by molar-refractivity contribution is -0.131. The van der Waals surface area contributed by atoms with E-state index < -0.39 is 0 Å². The first-order valence-corrected chi connectivity index (χ1v) is 7.77. The smallest absolute Gasteiger partial charge is 0.308 e. The Hall–Kier alpha value is -2.89. The summed E-state index contributed by atoms with van der Waals surface area (Å²) in [5, 5.41) is 0. The van der Waals surface area contributed by atoms with E-state index in [4.69, 9.17) is 9.47 Å². The van der Waals surface area contributed by atoms with E-state index in [0.717, 1.165) is 6.42 Å². The van der Waals surface area contributed by atoms with Crippen LogP contribution in [0.4, 0.5) is 0 Å². The number of carbonyl (C=O) groups excluding carboxylic acids is 2. The van der Waals surface area contributed by atoms with Gasteiger partial charge in [0.25, 0.3) is 5.91 Å². The zero-order valence-corrected chi connectivity index (χ0v) is 13.3. The number of likely N-dealkylation sites (tertiary alicyclic amines) is 1. The lowest BCUT2D eigenvalue weighted by Crippen LogP contribution is -2.31. The lowest BCUT2D eigenvalue weighted by Gasteiger charge is -2.17. The number of carbonyl (C=O) groups is 2. The molecule has 0 saturated carbocycles. The molecule has 1 unspecified atom stereocenters. The van der Waals surface area contributed by atoms with E-state index in [1.54, 1.807) is 41.4 Å². The highest BCUT2D eigenvalue weighted by molar-refractivity contribution is 5.94. The minimum Gasteiger partial charge on any atom is -0.472 e. The molecular weight excluding hydrogens is 308 g/mol. The van der Waals surface area contributed by atoms with Crippen molar-refractivity contribution in [2.75, 3.05) is 13.1 Å². The molecule has 6 nitrogen and oxygen atoms in total. The first-order chi connectivity index (χ1) is 11.6. The largest absolute Gasteiger partial charge is 0.472 e. The summed E-state index contributed by atoms with van der Waals surface area (Å²) in [6, 6.07) is 12.1. The monoisotopic (exact) mass is 326 g/mol. The maximum Gasteiger partial charge on any atom is 0.308 e. The quantitative estimate of drug-likeness (QED) is 0.637. The molecule has 1 aliphatic heterocycles. The van der Waals surface area contributed by atoms with Crippen LogP contribution in [-0.4, -0.2) is 41.0 Å². The van der Waals surface area contributed by atoms with Gasteiger partial charge in [0.05, 0.1) is 6.54 Å². The average molecular weight is 326 g/mol. The molecule has 6 heteroatoms. The molecule has 0 N–H and O–H groups in total. The molecule has 0 bridgehead atoms. The van der Waals surface area contributed by atoms with E-state index in [0.29, 0.717) is 30.3 Å². The van der Waals surface area contributed by atoms with Crippen LogP contribution >= 0.6 is 0 Å². The fourth-order valence-electron chi connectivity index (χ4n) is 2.61. The molecule has 1 amide bonds. The van der Waals surface area contributed by atoms with Crippen LogP contribution in [0.25, 0.3) is 0 Å².